The summed E-state index contributed by atoms with van der Waals surface area (Å²) >= 11 is 1.61. The zero-order chi connectivity index (χ0) is 16.2. The fourth-order valence-corrected chi connectivity index (χ4v) is 3.18. The van der Waals surface area contributed by atoms with E-state index in [9.17, 15) is 4.79 Å². The molecule has 0 atom stereocenters. The highest BCUT2D eigenvalue weighted by atomic mass is 32.1. The molecule has 0 saturated heterocycles. The first-order chi connectivity index (χ1) is 11.1. The van der Waals surface area contributed by atoms with Gasteiger partial charge in [0.05, 0.1) is 6.54 Å². The van der Waals surface area contributed by atoms with Crippen LogP contribution in [0.4, 0.5) is 5.82 Å². The molecule has 0 aliphatic carbocycles. The van der Waals surface area contributed by atoms with Crippen LogP contribution in [0, 0.1) is 0 Å². The molecule has 1 amide bonds. The lowest BCUT2D eigenvalue weighted by atomic mass is 10.2. The van der Waals surface area contributed by atoms with Gasteiger partial charge in [-0.15, -0.1) is 11.3 Å². The van der Waals surface area contributed by atoms with E-state index < -0.39 is 0 Å². The van der Waals surface area contributed by atoms with Crippen molar-refractivity contribution >= 4 is 39.4 Å². The van der Waals surface area contributed by atoms with Crippen LogP contribution in [0.5, 0.6) is 0 Å². The summed E-state index contributed by atoms with van der Waals surface area (Å²) in [6, 6.07) is 9.54. The van der Waals surface area contributed by atoms with Crippen LogP contribution in [0.25, 0.3) is 16.3 Å². The Labute approximate surface area is 138 Å². The molecule has 0 radical (unpaired) electrons. The molecule has 6 heteroatoms. The minimum absolute atomic E-state index is 0.0627. The topological polar surface area (TPSA) is 72.1 Å². The normalized spacial score (nSPS) is 11.2. The summed E-state index contributed by atoms with van der Waals surface area (Å²) in [4.78, 5) is 24.3. The van der Waals surface area contributed by atoms with E-state index in [0.717, 1.165) is 20.7 Å². The Morgan fingerprint density at radius 3 is 2.96 bits per heavy atom. The van der Waals surface area contributed by atoms with Gasteiger partial charge in [-0.3, -0.25) is 4.79 Å². The largest absolute Gasteiger partial charge is 0.384 e. The van der Waals surface area contributed by atoms with Crippen LogP contribution in [0.2, 0.25) is 0 Å². The molecule has 0 fully saturated rings. The van der Waals surface area contributed by atoms with E-state index in [4.69, 9.17) is 5.73 Å². The number of hydrogen-bond acceptors (Lipinski definition) is 5. The number of carbonyl (C=O) groups is 1. The first-order valence-electron chi connectivity index (χ1n) is 7.10. The maximum atomic E-state index is 12.2. The standard InChI is InChI=1S/C17H16N4OS/c1-21(11-14-9-13-3-2-8-19-17(13)23-14)16(22)7-5-12-4-6-15(18)20-10-12/h2-10H,11H2,1H3,(H2,18,20)/b7-5+. The highest BCUT2D eigenvalue weighted by Crippen LogP contribution is 2.24. The van der Waals surface area contributed by atoms with Crippen molar-refractivity contribution in [1.29, 1.82) is 0 Å². The summed E-state index contributed by atoms with van der Waals surface area (Å²) in [5.74, 6) is 0.399. The third-order valence-corrected chi connectivity index (χ3v) is 4.39. The van der Waals surface area contributed by atoms with Crippen LogP contribution in [0.1, 0.15) is 10.4 Å². The Balaban J connectivity index is 1.66. The average Bonchev–Trinajstić information content (AvgIpc) is 2.96. The lowest BCUT2D eigenvalue weighted by molar-refractivity contribution is -0.125. The lowest BCUT2D eigenvalue weighted by Gasteiger charge is -2.13. The summed E-state index contributed by atoms with van der Waals surface area (Å²) < 4.78 is 0. The molecule has 5 nitrogen and oxygen atoms in total. The van der Waals surface area contributed by atoms with Crippen LogP contribution in [0.15, 0.2) is 48.8 Å². The number of nitrogens with zero attached hydrogens (tertiary/aromatic N) is 3. The van der Waals surface area contributed by atoms with E-state index in [1.54, 1.807) is 53.9 Å². The van der Waals surface area contributed by atoms with Crippen LogP contribution in [0.3, 0.4) is 0 Å². The fourth-order valence-electron chi connectivity index (χ4n) is 2.13. The second-order valence-electron chi connectivity index (χ2n) is 5.15. The second-order valence-corrected chi connectivity index (χ2v) is 6.27. The van der Waals surface area contributed by atoms with Crippen molar-refractivity contribution in [3.05, 3.63) is 59.2 Å². The van der Waals surface area contributed by atoms with Crippen LogP contribution >= 0.6 is 11.3 Å². The number of aromatic nitrogens is 2. The molecular formula is C17H16N4OS. The van der Waals surface area contributed by atoms with Crippen LogP contribution < -0.4 is 5.73 Å². The molecule has 3 heterocycles. The highest BCUT2D eigenvalue weighted by molar-refractivity contribution is 7.18. The zero-order valence-electron chi connectivity index (χ0n) is 12.6. The summed E-state index contributed by atoms with van der Waals surface area (Å²) in [6.45, 7) is 0.560. The molecular weight excluding hydrogens is 308 g/mol. The number of carbonyl (C=O) groups excluding carboxylic acids is 1. The zero-order valence-corrected chi connectivity index (χ0v) is 13.5. The van der Waals surface area contributed by atoms with Crippen molar-refractivity contribution in [2.75, 3.05) is 12.8 Å². The van der Waals surface area contributed by atoms with Gasteiger partial charge >= 0.3 is 0 Å². The summed E-state index contributed by atoms with van der Waals surface area (Å²) in [5, 5.41) is 1.11. The number of anilines is 1. The second kappa shape index (κ2) is 6.58. The van der Waals surface area contributed by atoms with Gasteiger partial charge in [-0.25, -0.2) is 9.97 Å². The van der Waals surface area contributed by atoms with E-state index in [-0.39, 0.29) is 5.91 Å². The summed E-state index contributed by atoms with van der Waals surface area (Å²) in [7, 11) is 1.78. The summed E-state index contributed by atoms with van der Waals surface area (Å²) in [6.07, 6.45) is 6.69. The highest BCUT2D eigenvalue weighted by Gasteiger charge is 2.09. The maximum absolute atomic E-state index is 12.2. The van der Waals surface area contributed by atoms with Gasteiger partial charge in [0.2, 0.25) is 5.91 Å². The number of pyridine rings is 2. The predicted octanol–water partition coefficient (Wildman–Crippen LogP) is 2.95. The SMILES string of the molecule is CN(Cc1cc2cccnc2s1)C(=O)/C=C/c1ccc(N)nc1. The van der Waals surface area contributed by atoms with Crippen LogP contribution in [-0.4, -0.2) is 27.8 Å². The Bertz CT molecular complexity index is 821. The Hall–Kier alpha value is -2.73. The minimum atomic E-state index is -0.0627. The number of hydrogen-bond donors (Lipinski definition) is 1. The molecule has 0 saturated carbocycles. The van der Waals surface area contributed by atoms with Gasteiger partial charge in [-0.2, -0.15) is 0 Å². The molecule has 0 aromatic carbocycles. The van der Waals surface area contributed by atoms with Crippen molar-refractivity contribution in [2.45, 2.75) is 6.54 Å². The first kappa shape index (κ1) is 15.2. The van der Waals surface area contributed by atoms with Crippen molar-refractivity contribution < 1.29 is 4.79 Å². The molecule has 0 spiro atoms. The molecule has 23 heavy (non-hydrogen) atoms. The Kier molecular flexibility index (Phi) is 4.34. The fraction of sp³-hybridized carbons (Fsp3) is 0.118. The van der Waals surface area contributed by atoms with Crippen molar-refractivity contribution in [3.63, 3.8) is 0 Å². The molecule has 0 aliphatic rings. The number of amides is 1. The molecule has 3 aromatic heterocycles. The Morgan fingerprint density at radius 2 is 2.22 bits per heavy atom. The van der Waals surface area contributed by atoms with E-state index in [1.807, 2.05) is 18.2 Å². The van der Waals surface area contributed by atoms with E-state index in [0.29, 0.717) is 12.4 Å². The van der Waals surface area contributed by atoms with Crippen molar-refractivity contribution in [1.82, 2.24) is 14.9 Å². The van der Waals surface area contributed by atoms with Gasteiger partial charge in [-0.1, -0.05) is 6.07 Å². The quantitative estimate of drug-likeness (QED) is 0.749. The number of rotatable bonds is 4. The molecule has 116 valence electrons. The van der Waals surface area contributed by atoms with Crippen molar-refractivity contribution in [2.24, 2.45) is 0 Å². The van der Waals surface area contributed by atoms with E-state index >= 15 is 0 Å². The van der Waals surface area contributed by atoms with E-state index in [1.165, 1.54) is 0 Å². The third kappa shape index (κ3) is 3.73. The third-order valence-electron chi connectivity index (χ3n) is 3.34. The van der Waals surface area contributed by atoms with Gasteiger partial charge in [0, 0.05) is 35.8 Å². The molecule has 3 aromatic rings. The smallest absolute Gasteiger partial charge is 0.246 e. The maximum Gasteiger partial charge on any atom is 0.246 e. The number of fused-ring (bicyclic) bond motifs is 1. The monoisotopic (exact) mass is 324 g/mol. The number of likely N-dealkylation sites (N-methyl/N-ethyl adjacent to an activating group) is 1. The molecule has 0 unspecified atom stereocenters. The van der Waals surface area contributed by atoms with Gasteiger partial charge in [-0.05, 0) is 35.9 Å². The molecule has 2 N–H and O–H groups in total. The number of nitrogen functional groups attached to an aromatic ring is 1. The number of thiophene rings is 1. The number of nitrogens with two attached hydrogens (primary N) is 1. The lowest BCUT2D eigenvalue weighted by Crippen LogP contribution is -2.23. The molecule has 0 bridgehead atoms. The van der Waals surface area contributed by atoms with Gasteiger partial charge in [0.15, 0.2) is 0 Å². The molecule has 3 rings (SSSR count). The van der Waals surface area contributed by atoms with Gasteiger partial charge in [0.25, 0.3) is 0 Å². The van der Waals surface area contributed by atoms with E-state index in [2.05, 4.69) is 16.0 Å². The first-order valence-corrected chi connectivity index (χ1v) is 7.91. The Morgan fingerprint density at radius 1 is 1.35 bits per heavy atom. The predicted molar refractivity (Wildman–Crippen MR) is 93.8 cm³/mol. The minimum Gasteiger partial charge on any atom is -0.384 e. The molecule has 0 aliphatic heterocycles. The summed E-state index contributed by atoms with van der Waals surface area (Å²) in [5.41, 5.74) is 6.37. The van der Waals surface area contributed by atoms with Crippen molar-refractivity contribution in [3.8, 4) is 0 Å². The average molecular weight is 324 g/mol. The van der Waals surface area contributed by atoms with Crippen LogP contribution in [-0.2, 0) is 11.3 Å². The van der Waals surface area contributed by atoms with Gasteiger partial charge < -0.3 is 10.6 Å². The van der Waals surface area contributed by atoms with Gasteiger partial charge in [0.1, 0.15) is 10.6 Å².